The number of aliphatic hydroxyl groups is 1. The van der Waals surface area contributed by atoms with Crippen LogP contribution in [0.3, 0.4) is 0 Å². The van der Waals surface area contributed by atoms with Gasteiger partial charge in [0, 0.05) is 11.6 Å². The Hall–Kier alpha value is -1.26. The van der Waals surface area contributed by atoms with E-state index in [1.54, 1.807) is 19.1 Å². The normalized spacial score (nSPS) is 12.5. The summed E-state index contributed by atoms with van der Waals surface area (Å²) in [4.78, 5) is 0. The number of aromatic hydroxyl groups is 1. The molecule has 0 saturated carbocycles. The van der Waals surface area contributed by atoms with Crippen LogP contribution >= 0.6 is 0 Å². The highest BCUT2D eigenvalue weighted by atomic mass is 16.5. The molecule has 0 aromatic heterocycles. The highest BCUT2D eigenvalue weighted by Crippen LogP contribution is 2.34. The molecule has 1 rings (SSSR count). The second-order valence-corrected chi connectivity index (χ2v) is 3.41. The van der Waals surface area contributed by atoms with E-state index in [4.69, 9.17) is 15.6 Å². The molecule has 0 saturated heterocycles. The maximum Gasteiger partial charge on any atom is 0.162 e. The molecule has 0 unspecified atom stereocenters. The topological polar surface area (TPSA) is 75.7 Å². The second kappa shape index (κ2) is 5.00. The SMILES string of the molecule is CCOc1cc(CO)cc([C@@H](C)N)c1O. The number of hydrogen-bond acceptors (Lipinski definition) is 4. The molecule has 0 spiro atoms. The molecular weight excluding hydrogens is 194 g/mol. The monoisotopic (exact) mass is 211 g/mol. The zero-order valence-electron chi connectivity index (χ0n) is 9.03. The molecule has 0 aliphatic heterocycles. The van der Waals surface area contributed by atoms with Crippen LogP contribution in [0.15, 0.2) is 12.1 Å². The van der Waals surface area contributed by atoms with E-state index in [1.807, 2.05) is 6.92 Å². The van der Waals surface area contributed by atoms with Gasteiger partial charge in [0.05, 0.1) is 13.2 Å². The average Bonchev–Trinajstić information content (AvgIpc) is 2.21. The van der Waals surface area contributed by atoms with Gasteiger partial charge in [-0.05, 0) is 31.5 Å². The quantitative estimate of drug-likeness (QED) is 0.701. The first-order chi connectivity index (χ1) is 7.10. The van der Waals surface area contributed by atoms with E-state index in [2.05, 4.69) is 0 Å². The first-order valence-corrected chi connectivity index (χ1v) is 4.95. The van der Waals surface area contributed by atoms with Gasteiger partial charge in [-0.2, -0.15) is 0 Å². The van der Waals surface area contributed by atoms with Gasteiger partial charge in [-0.25, -0.2) is 0 Å². The lowest BCUT2D eigenvalue weighted by Crippen LogP contribution is -2.07. The Labute approximate surface area is 89.3 Å². The molecule has 15 heavy (non-hydrogen) atoms. The van der Waals surface area contributed by atoms with Gasteiger partial charge >= 0.3 is 0 Å². The Morgan fingerprint density at radius 1 is 1.47 bits per heavy atom. The summed E-state index contributed by atoms with van der Waals surface area (Å²) in [5.74, 6) is 0.431. The third-order valence-electron chi connectivity index (χ3n) is 2.14. The maximum atomic E-state index is 9.82. The van der Waals surface area contributed by atoms with Crippen LogP contribution < -0.4 is 10.5 Å². The molecule has 84 valence electrons. The largest absolute Gasteiger partial charge is 0.504 e. The fourth-order valence-corrected chi connectivity index (χ4v) is 1.39. The number of nitrogens with two attached hydrogens (primary N) is 1. The Morgan fingerprint density at radius 3 is 2.60 bits per heavy atom. The molecule has 4 heteroatoms. The number of hydrogen-bond donors (Lipinski definition) is 3. The molecule has 0 amide bonds. The van der Waals surface area contributed by atoms with Crippen molar-refractivity contribution in [2.75, 3.05) is 6.61 Å². The van der Waals surface area contributed by atoms with Crippen molar-refractivity contribution < 1.29 is 14.9 Å². The molecule has 0 bridgehead atoms. The van der Waals surface area contributed by atoms with Gasteiger partial charge in [-0.3, -0.25) is 0 Å². The molecule has 0 fully saturated rings. The van der Waals surface area contributed by atoms with Gasteiger partial charge in [-0.15, -0.1) is 0 Å². The van der Waals surface area contributed by atoms with Gasteiger partial charge in [0.2, 0.25) is 0 Å². The van der Waals surface area contributed by atoms with Gasteiger partial charge < -0.3 is 20.7 Å². The van der Waals surface area contributed by atoms with Crippen LogP contribution in [0.2, 0.25) is 0 Å². The summed E-state index contributed by atoms with van der Waals surface area (Å²) in [5.41, 5.74) is 6.98. The Balaban J connectivity index is 3.20. The Kier molecular flexibility index (Phi) is 3.94. The summed E-state index contributed by atoms with van der Waals surface area (Å²) in [6.45, 7) is 3.96. The van der Waals surface area contributed by atoms with E-state index in [-0.39, 0.29) is 18.4 Å². The maximum absolute atomic E-state index is 9.82. The van der Waals surface area contributed by atoms with Crippen molar-refractivity contribution in [1.82, 2.24) is 0 Å². The number of phenols is 1. The van der Waals surface area contributed by atoms with Crippen LogP contribution in [0.4, 0.5) is 0 Å². The van der Waals surface area contributed by atoms with E-state index in [1.165, 1.54) is 0 Å². The van der Waals surface area contributed by atoms with Gasteiger partial charge in [-0.1, -0.05) is 0 Å². The third-order valence-corrected chi connectivity index (χ3v) is 2.14. The van der Waals surface area contributed by atoms with Crippen molar-refractivity contribution in [3.05, 3.63) is 23.3 Å². The molecule has 0 heterocycles. The zero-order chi connectivity index (χ0) is 11.4. The number of rotatable bonds is 4. The minimum Gasteiger partial charge on any atom is -0.504 e. The molecule has 0 aliphatic rings. The van der Waals surface area contributed by atoms with Crippen molar-refractivity contribution in [1.29, 1.82) is 0 Å². The van der Waals surface area contributed by atoms with Crippen LogP contribution in [0, 0.1) is 0 Å². The molecule has 1 aromatic carbocycles. The van der Waals surface area contributed by atoms with Crippen LogP contribution in [0.5, 0.6) is 11.5 Å². The van der Waals surface area contributed by atoms with Crippen molar-refractivity contribution in [3.63, 3.8) is 0 Å². The number of phenolic OH excluding ortho intramolecular Hbond substituents is 1. The zero-order valence-corrected chi connectivity index (χ0v) is 9.03. The molecular formula is C11H17NO3. The van der Waals surface area contributed by atoms with Crippen LogP contribution in [0.25, 0.3) is 0 Å². The van der Waals surface area contributed by atoms with Gasteiger partial charge in [0.1, 0.15) is 0 Å². The minimum atomic E-state index is -0.296. The van der Waals surface area contributed by atoms with Crippen LogP contribution in [-0.4, -0.2) is 16.8 Å². The summed E-state index contributed by atoms with van der Waals surface area (Å²) < 4.78 is 5.25. The summed E-state index contributed by atoms with van der Waals surface area (Å²) in [7, 11) is 0. The van der Waals surface area contributed by atoms with Crippen molar-refractivity contribution in [2.45, 2.75) is 26.5 Å². The van der Waals surface area contributed by atoms with Crippen molar-refractivity contribution in [3.8, 4) is 11.5 Å². The highest BCUT2D eigenvalue weighted by Gasteiger charge is 2.13. The molecule has 4 N–H and O–H groups in total. The van der Waals surface area contributed by atoms with E-state index in [0.29, 0.717) is 23.5 Å². The molecule has 1 atom stereocenters. The van der Waals surface area contributed by atoms with Crippen molar-refractivity contribution in [2.24, 2.45) is 5.73 Å². The lowest BCUT2D eigenvalue weighted by atomic mass is 10.0. The smallest absolute Gasteiger partial charge is 0.162 e. The lowest BCUT2D eigenvalue weighted by Gasteiger charge is -2.14. The number of benzene rings is 1. The predicted octanol–water partition coefficient (Wildman–Crippen LogP) is 1.30. The van der Waals surface area contributed by atoms with E-state index in [9.17, 15) is 5.11 Å². The minimum absolute atomic E-state index is 0.0593. The summed E-state index contributed by atoms with van der Waals surface area (Å²) in [5, 5.41) is 18.9. The van der Waals surface area contributed by atoms with E-state index < -0.39 is 0 Å². The summed E-state index contributed by atoms with van der Waals surface area (Å²) >= 11 is 0. The van der Waals surface area contributed by atoms with Gasteiger partial charge in [0.25, 0.3) is 0 Å². The van der Waals surface area contributed by atoms with Crippen molar-refractivity contribution >= 4 is 0 Å². The molecule has 0 aliphatic carbocycles. The number of ether oxygens (including phenoxy) is 1. The molecule has 0 radical (unpaired) electrons. The van der Waals surface area contributed by atoms with Crippen LogP contribution in [-0.2, 0) is 6.61 Å². The fourth-order valence-electron chi connectivity index (χ4n) is 1.39. The van der Waals surface area contributed by atoms with Crippen LogP contribution in [0.1, 0.15) is 31.0 Å². The predicted molar refractivity (Wildman–Crippen MR) is 57.8 cm³/mol. The van der Waals surface area contributed by atoms with E-state index >= 15 is 0 Å². The second-order valence-electron chi connectivity index (χ2n) is 3.41. The fraction of sp³-hybridized carbons (Fsp3) is 0.455. The molecule has 4 nitrogen and oxygen atoms in total. The first kappa shape index (κ1) is 11.8. The standard InChI is InChI=1S/C11H17NO3/c1-3-15-10-5-8(6-13)4-9(7(2)12)11(10)14/h4-5,7,13-14H,3,6,12H2,1-2H3/t7-/m1/s1. The summed E-state index contributed by atoms with van der Waals surface area (Å²) in [6.07, 6.45) is 0. The highest BCUT2D eigenvalue weighted by molar-refractivity contribution is 5.49. The van der Waals surface area contributed by atoms with E-state index in [0.717, 1.165) is 0 Å². The Morgan fingerprint density at radius 2 is 2.13 bits per heavy atom. The molecule has 1 aromatic rings. The first-order valence-electron chi connectivity index (χ1n) is 4.95. The van der Waals surface area contributed by atoms with Gasteiger partial charge in [0.15, 0.2) is 11.5 Å². The average molecular weight is 211 g/mol. The third kappa shape index (κ3) is 2.61. The lowest BCUT2D eigenvalue weighted by molar-refractivity contribution is 0.278. The Bertz CT molecular complexity index is 337. The summed E-state index contributed by atoms with van der Waals surface area (Å²) in [6, 6.07) is 3.00. The number of aliphatic hydroxyl groups excluding tert-OH is 1.